The van der Waals surface area contributed by atoms with Gasteiger partial charge in [0.25, 0.3) is 0 Å². The van der Waals surface area contributed by atoms with E-state index in [9.17, 15) is 0 Å². The highest BCUT2D eigenvalue weighted by Gasteiger charge is 1.78. The zero-order chi connectivity index (χ0) is 10.1. The Morgan fingerprint density at radius 3 is 2.71 bits per heavy atom. The summed E-state index contributed by atoms with van der Waals surface area (Å²) in [5, 5.41) is 8.48. The molecular weight excluding hydrogens is 172 g/mol. The molecule has 0 fully saturated rings. The molecule has 0 aliphatic rings. The first-order valence-corrected chi connectivity index (χ1v) is 4.50. The van der Waals surface area contributed by atoms with Crippen molar-refractivity contribution in [2.24, 2.45) is 0 Å². The lowest BCUT2D eigenvalue weighted by Gasteiger charge is -1.83. The molecule has 0 radical (unpaired) electrons. The highest BCUT2D eigenvalue weighted by atomic mass is 16.2. The molecule has 70 valence electrons. The van der Waals surface area contributed by atoms with Gasteiger partial charge < -0.3 is 5.11 Å². The fourth-order valence-electron chi connectivity index (χ4n) is 0.889. The van der Waals surface area contributed by atoms with Gasteiger partial charge >= 0.3 is 0 Å². The third-order valence-corrected chi connectivity index (χ3v) is 1.54. The van der Waals surface area contributed by atoms with E-state index in [4.69, 9.17) is 5.11 Å². The molecule has 0 aromatic heterocycles. The second kappa shape index (κ2) is 6.74. The molecule has 0 aliphatic heterocycles. The molecule has 0 saturated heterocycles. The molecule has 0 heterocycles. The molecule has 0 atom stereocenters. The van der Waals surface area contributed by atoms with Gasteiger partial charge in [0.2, 0.25) is 0 Å². The van der Waals surface area contributed by atoms with Gasteiger partial charge in [-0.1, -0.05) is 30.0 Å². The SMILES string of the molecule is OCCC=C=CC#Cc1ccccc1. The van der Waals surface area contributed by atoms with Crippen molar-refractivity contribution in [2.45, 2.75) is 6.42 Å². The summed E-state index contributed by atoms with van der Waals surface area (Å²) in [6.07, 6.45) is 4.05. The van der Waals surface area contributed by atoms with Crippen molar-refractivity contribution in [3.05, 3.63) is 53.8 Å². The summed E-state index contributed by atoms with van der Waals surface area (Å²) >= 11 is 0. The predicted octanol–water partition coefficient (Wildman–Crippen LogP) is 2.13. The zero-order valence-corrected chi connectivity index (χ0v) is 7.90. The van der Waals surface area contributed by atoms with Crippen molar-refractivity contribution in [1.29, 1.82) is 0 Å². The molecule has 0 amide bonds. The van der Waals surface area contributed by atoms with Crippen molar-refractivity contribution in [2.75, 3.05) is 6.61 Å². The van der Waals surface area contributed by atoms with Gasteiger partial charge in [0.1, 0.15) is 0 Å². The normalized spacial score (nSPS) is 8.07. The molecule has 0 unspecified atom stereocenters. The van der Waals surface area contributed by atoms with Crippen LogP contribution in [-0.4, -0.2) is 11.7 Å². The van der Waals surface area contributed by atoms with Crippen LogP contribution < -0.4 is 0 Å². The van der Waals surface area contributed by atoms with Gasteiger partial charge in [-0.25, -0.2) is 0 Å². The van der Waals surface area contributed by atoms with Crippen molar-refractivity contribution >= 4 is 0 Å². The summed E-state index contributed by atoms with van der Waals surface area (Å²) in [5.41, 5.74) is 3.87. The van der Waals surface area contributed by atoms with Gasteiger partial charge in [0, 0.05) is 18.2 Å². The van der Waals surface area contributed by atoms with Crippen LogP contribution in [0.2, 0.25) is 0 Å². The molecule has 1 aromatic rings. The van der Waals surface area contributed by atoms with E-state index >= 15 is 0 Å². The van der Waals surface area contributed by atoms with E-state index in [0.717, 1.165) is 5.56 Å². The van der Waals surface area contributed by atoms with Crippen LogP contribution >= 0.6 is 0 Å². The van der Waals surface area contributed by atoms with Crippen molar-refractivity contribution in [3.63, 3.8) is 0 Å². The second-order valence-electron chi connectivity index (χ2n) is 2.66. The Morgan fingerprint density at radius 1 is 1.21 bits per heavy atom. The smallest absolute Gasteiger partial charge is 0.0471 e. The van der Waals surface area contributed by atoms with Crippen LogP contribution in [0.15, 0.2) is 48.2 Å². The monoisotopic (exact) mass is 184 g/mol. The lowest BCUT2D eigenvalue weighted by molar-refractivity contribution is 0.302. The average Bonchev–Trinajstić information content (AvgIpc) is 2.25. The minimum atomic E-state index is 0.160. The van der Waals surface area contributed by atoms with E-state index in [2.05, 4.69) is 17.6 Å². The summed E-state index contributed by atoms with van der Waals surface area (Å²) in [6, 6.07) is 9.78. The Balaban J connectivity index is 2.53. The molecule has 1 rings (SSSR count). The lowest BCUT2D eigenvalue weighted by atomic mass is 10.2. The number of hydrogen-bond acceptors (Lipinski definition) is 1. The van der Waals surface area contributed by atoms with Crippen LogP contribution in [0, 0.1) is 11.8 Å². The summed E-state index contributed by atoms with van der Waals surface area (Å²) in [6.45, 7) is 0.160. The maximum Gasteiger partial charge on any atom is 0.0471 e. The van der Waals surface area contributed by atoms with Gasteiger partial charge in [-0.3, -0.25) is 0 Å². The minimum Gasteiger partial charge on any atom is -0.396 e. The quantitative estimate of drug-likeness (QED) is 0.551. The van der Waals surface area contributed by atoms with E-state index < -0.39 is 0 Å². The molecule has 0 spiro atoms. The maximum atomic E-state index is 8.48. The maximum absolute atomic E-state index is 8.48. The van der Waals surface area contributed by atoms with Gasteiger partial charge in [0.15, 0.2) is 0 Å². The summed E-state index contributed by atoms with van der Waals surface area (Å²) < 4.78 is 0. The number of hydrogen-bond donors (Lipinski definition) is 1. The highest BCUT2D eigenvalue weighted by Crippen LogP contribution is 1.94. The topological polar surface area (TPSA) is 20.2 Å². The zero-order valence-electron chi connectivity index (χ0n) is 7.90. The molecular formula is C13H12O. The first kappa shape index (κ1) is 10.3. The summed E-state index contributed by atoms with van der Waals surface area (Å²) in [4.78, 5) is 0. The molecule has 0 aliphatic carbocycles. The van der Waals surface area contributed by atoms with Gasteiger partial charge in [-0.05, 0) is 24.6 Å². The van der Waals surface area contributed by atoms with Crippen LogP contribution in [0.3, 0.4) is 0 Å². The number of rotatable bonds is 2. The molecule has 1 nitrogen and oxygen atoms in total. The van der Waals surface area contributed by atoms with Crippen LogP contribution in [-0.2, 0) is 0 Å². The Bertz CT molecular complexity index is 373. The third kappa shape index (κ3) is 4.33. The molecule has 0 saturated carbocycles. The van der Waals surface area contributed by atoms with Gasteiger partial charge in [0.05, 0.1) is 0 Å². The lowest BCUT2D eigenvalue weighted by Crippen LogP contribution is -1.72. The largest absolute Gasteiger partial charge is 0.396 e. The minimum absolute atomic E-state index is 0.160. The third-order valence-electron chi connectivity index (χ3n) is 1.54. The van der Waals surface area contributed by atoms with E-state index in [-0.39, 0.29) is 6.61 Å². The first-order valence-electron chi connectivity index (χ1n) is 4.50. The van der Waals surface area contributed by atoms with Gasteiger partial charge in [-0.15, -0.1) is 5.73 Å². The van der Waals surface area contributed by atoms with Crippen LogP contribution in [0.25, 0.3) is 0 Å². The number of aliphatic hydroxyl groups is 1. The molecule has 14 heavy (non-hydrogen) atoms. The standard InChI is InChI=1S/C13H12O/c14-12-8-3-1-2-5-9-13-10-6-4-7-11-13/h2-4,6-7,10-11,14H,8,12H2. The van der Waals surface area contributed by atoms with Crippen molar-refractivity contribution in [1.82, 2.24) is 0 Å². The van der Waals surface area contributed by atoms with E-state index in [1.54, 1.807) is 12.2 Å². The first-order chi connectivity index (χ1) is 6.93. The highest BCUT2D eigenvalue weighted by molar-refractivity contribution is 5.36. The molecule has 1 aromatic carbocycles. The molecule has 0 bridgehead atoms. The number of aliphatic hydroxyl groups excluding tert-OH is 1. The fraction of sp³-hybridized carbons (Fsp3) is 0.154. The summed E-state index contributed by atoms with van der Waals surface area (Å²) in [5.74, 6) is 5.83. The van der Waals surface area contributed by atoms with Crippen molar-refractivity contribution in [3.8, 4) is 11.8 Å². The second-order valence-corrected chi connectivity index (χ2v) is 2.66. The van der Waals surface area contributed by atoms with E-state index in [1.165, 1.54) is 0 Å². The van der Waals surface area contributed by atoms with Crippen LogP contribution in [0.4, 0.5) is 0 Å². The van der Waals surface area contributed by atoms with E-state index in [1.807, 2.05) is 30.3 Å². The summed E-state index contributed by atoms with van der Waals surface area (Å²) in [7, 11) is 0. The fourth-order valence-corrected chi connectivity index (χ4v) is 0.889. The Morgan fingerprint density at radius 2 is 2.00 bits per heavy atom. The predicted molar refractivity (Wildman–Crippen MR) is 57.7 cm³/mol. The Hall–Kier alpha value is -1.74. The molecule has 1 N–H and O–H groups in total. The van der Waals surface area contributed by atoms with Crippen molar-refractivity contribution < 1.29 is 5.11 Å². The Kier molecular flexibility index (Phi) is 4.98. The molecule has 1 heteroatoms. The number of benzene rings is 1. The average molecular weight is 184 g/mol. The van der Waals surface area contributed by atoms with Crippen LogP contribution in [0.1, 0.15) is 12.0 Å². The van der Waals surface area contributed by atoms with E-state index in [0.29, 0.717) is 6.42 Å². The van der Waals surface area contributed by atoms with Gasteiger partial charge in [-0.2, -0.15) is 0 Å². The van der Waals surface area contributed by atoms with Crippen LogP contribution in [0.5, 0.6) is 0 Å². The Labute approximate surface area is 84.4 Å².